The third-order valence-corrected chi connectivity index (χ3v) is 5.38. The second-order valence-electron chi connectivity index (χ2n) is 5.81. The monoisotopic (exact) mass is 402 g/mol. The summed E-state index contributed by atoms with van der Waals surface area (Å²) in [4.78, 5) is 33.7. The minimum Gasteiger partial charge on any atom is -0.395 e. The Kier molecular flexibility index (Phi) is 5.73. The predicted molar refractivity (Wildman–Crippen MR) is 112 cm³/mol. The maximum absolute atomic E-state index is 13.0. The first-order valence-corrected chi connectivity index (χ1v) is 9.40. The van der Waals surface area contributed by atoms with Gasteiger partial charge in [-0.05, 0) is 18.2 Å². The summed E-state index contributed by atoms with van der Waals surface area (Å²) in [7, 11) is 1.73. The normalized spacial score (nSPS) is 15.8. The quantitative estimate of drug-likeness (QED) is 0.446. The van der Waals surface area contributed by atoms with Crippen LogP contribution in [-0.4, -0.2) is 56.4 Å². The van der Waals surface area contributed by atoms with Crippen LogP contribution in [0, 0.1) is 0 Å². The lowest BCUT2D eigenvalue weighted by atomic mass is 10.2. The minimum atomic E-state index is -0.297. The van der Waals surface area contributed by atoms with Crippen LogP contribution < -0.4 is 10.5 Å². The molecule has 0 saturated carbocycles. The number of thiocarbonyl (C=S) groups is 1. The number of hydrogen-bond donors (Lipinski definition) is 1. The molecule has 0 aliphatic carbocycles. The fourth-order valence-electron chi connectivity index (χ4n) is 2.68. The molecule has 1 N–H and O–H groups in total. The lowest BCUT2D eigenvalue weighted by Crippen LogP contribution is -2.29. The number of aliphatic hydroxyl groups excluding tert-OH is 1. The van der Waals surface area contributed by atoms with E-state index in [1.807, 2.05) is 0 Å². The number of anilines is 1. The van der Waals surface area contributed by atoms with E-state index in [2.05, 4.69) is 11.6 Å². The molecule has 0 atom stereocenters. The van der Waals surface area contributed by atoms with Crippen molar-refractivity contribution in [2.45, 2.75) is 0 Å². The van der Waals surface area contributed by atoms with Gasteiger partial charge in [0.1, 0.15) is 15.8 Å². The van der Waals surface area contributed by atoms with Crippen molar-refractivity contribution in [2.75, 3.05) is 31.6 Å². The van der Waals surface area contributed by atoms with Crippen molar-refractivity contribution >= 4 is 51.7 Å². The van der Waals surface area contributed by atoms with Crippen molar-refractivity contribution < 1.29 is 9.90 Å². The zero-order valence-corrected chi connectivity index (χ0v) is 16.3. The number of carbonyl (C=O) groups is 1. The predicted octanol–water partition coefficient (Wildman–Crippen LogP) is 1.51. The van der Waals surface area contributed by atoms with E-state index in [-0.39, 0.29) is 23.6 Å². The van der Waals surface area contributed by atoms with Crippen molar-refractivity contribution in [1.29, 1.82) is 0 Å². The topological polar surface area (TPSA) is 78.2 Å². The number of likely N-dealkylation sites (N-methyl/N-ethyl adjacent to an activating group) is 1. The molecule has 1 amide bonds. The molecule has 3 heterocycles. The van der Waals surface area contributed by atoms with Gasteiger partial charge in [-0.15, -0.1) is 6.58 Å². The van der Waals surface area contributed by atoms with Gasteiger partial charge < -0.3 is 10.0 Å². The number of hydrogen-bond acceptors (Lipinski definition) is 7. The van der Waals surface area contributed by atoms with E-state index >= 15 is 0 Å². The summed E-state index contributed by atoms with van der Waals surface area (Å²) in [6, 6.07) is 5.25. The Morgan fingerprint density at radius 2 is 2.19 bits per heavy atom. The van der Waals surface area contributed by atoms with E-state index in [1.165, 1.54) is 15.4 Å². The van der Waals surface area contributed by atoms with E-state index in [0.29, 0.717) is 33.8 Å². The molecule has 1 aliphatic heterocycles. The van der Waals surface area contributed by atoms with Gasteiger partial charge in [-0.2, -0.15) is 0 Å². The highest BCUT2D eigenvalue weighted by Gasteiger charge is 2.32. The van der Waals surface area contributed by atoms with Crippen LogP contribution >= 0.6 is 24.0 Å². The van der Waals surface area contributed by atoms with Gasteiger partial charge in [-0.25, -0.2) is 4.98 Å². The summed E-state index contributed by atoms with van der Waals surface area (Å²) in [6.45, 7) is 4.16. The standard InChI is InChI=1S/C18H18N4O3S2/c1-3-7-22-17(25)13(27-18(22)26)11-12-15(20(2)9-10-23)19-14-6-4-5-8-21(14)16(12)24/h3-6,8,11,23H,1,7,9-10H2,2H3/b13-11+. The molecule has 1 aliphatic rings. The van der Waals surface area contributed by atoms with Crippen molar-refractivity contribution in [3.63, 3.8) is 0 Å². The first-order chi connectivity index (χ1) is 13.0. The Balaban J connectivity index is 2.18. The van der Waals surface area contributed by atoms with Gasteiger partial charge in [0.15, 0.2) is 0 Å². The number of rotatable bonds is 6. The Morgan fingerprint density at radius 1 is 1.41 bits per heavy atom. The molecule has 3 rings (SSSR count). The van der Waals surface area contributed by atoms with Crippen molar-refractivity contribution in [2.24, 2.45) is 0 Å². The lowest BCUT2D eigenvalue weighted by Gasteiger charge is -2.19. The van der Waals surface area contributed by atoms with E-state index in [1.54, 1.807) is 42.4 Å². The summed E-state index contributed by atoms with van der Waals surface area (Å²) in [5.74, 6) is 0.132. The summed E-state index contributed by atoms with van der Waals surface area (Å²) < 4.78 is 1.84. The number of aromatic nitrogens is 2. The van der Waals surface area contributed by atoms with Gasteiger partial charge in [-0.1, -0.05) is 36.1 Å². The third-order valence-electron chi connectivity index (χ3n) is 4.01. The first-order valence-electron chi connectivity index (χ1n) is 8.17. The number of thioether (sulfide) groups is 1. The van der Waals surface area contributed by atoms with Crippen LogP contribution in [0.3, 0.4) is 0 Å². The summed E-state index contributed by atoms with van der Waals surface area (Å²) in [5.41, 5.74) is 0.460. The van der Waals surface area contributed by atoms with Crippen LogP contribution in [0.4, 0.5) is 5.82 Å². The Bertz CT molecular complexity index is 1020. The van der Waals surface area contributed by atoms with Crippen LogP contribution in [0.5, 0.6) is 0 Å². The fourth-order valence-corrected chi connectivity index (χ4v) is 3.94. The number of aliphatic hydroxyl groups is 1. The van der Waals surface area contributed by atoms with E-state index in [4.69, 9.17) is 12.2 Å². The maximum atomic E-state index is 13.0. The second kappa shape index (κ2) is 8.03. The number of pyridine rings is 1. The average molecular weight is 403 g/mol. The number of fused-ring (bicyclic) bond motifs is 1. The summed E-state index contributed by atoms with van der Waals surface area (Å²) >= 11 is 6.39. The van der Waals surface area contributed by atoms with Gasteiger partial charge >= 0.3 is 0 Å². The molecule has 0 aromatic carbocycles. The molecule has 27 heavy (non-hydrogen) atoms. The highest BCUT2D eigenvalue weighted by molar-refractivity contribution is 8.26. The summed E-state index contributed by atoms with van der Waals surface area (Å²) in [6.07, 6.45) is 4.75. The van der Waals surface area contributed by atoms with Crippen LogP contribution in [0.15, 0.2) is 46.8 Å². The Hall–Kier alpha value is -2.49. The number of nitrogens with zero attached hydrogens (tertiary/aromatic N) is 4. The molecule has 0 radical (unpaired) electrons. The molecule has 140 valence electrons. The average Bonchev–Trinajstić information content (AvgIpc) is 2.92. The van der Waals surface area contributed by atoms with Gasteiger partial charge in [0.05, 0.1) is 17.1 Å². The van der Waals surface area contributed by atoms with Crippen LogP contribution in [0.1, 0.15) is 5.56 Å². The molecular formula is C18H18N4O3S2. The Morgan fingerprint density at radius 3 is 2.89 bits per heavy atom. The molecule has 1 fully saturated rings. The van der Waals surface area contributed by atoms with Gasteiger partial charge in [-0.3, -0.25) is 18.9 Å². The number of carbonyl (C=O) groups excluding carboxylic acids is 1. The van der Waals surface area contributed by atoms with E-state index in [0.717, 1.165) is 11.8 Å². The second-order valence-corrected chi connectivity index (χ2v) is 7.48. The highest BCUT2D eigenvalue weighted by atomic mass is 32.2. The molecule has 0 bridgehead atoms. The minimum absolute atomic E-state index is 0.0900. The van der Waals surface area contributed by atoms with E-state index in [9.17, 15) is 14.7 Å². The largest absolute Gasteiger partial charge is 0.395 e. The van der Waals surface area contributed by atoms with Crippen LogP contribution in [-0.2, 0) is 4.79 Å². The van der Waals surface area contributed by atoms with Crippen molar-refractivity contribution in [1.82, 2.24) is 14.3 Å². The molecule has 7 nitrogen and oxygen atoms in total. The summed E-state index contributed by atoms with van der Waals surface area (Å²) in [5, 5.41) is 9.27. The molecule has 9 heteroatoms. The number of amides is 1. The van der Waals surface area contributed by atoms with Crippen LogP contribution in [0.25, 0.3) is 11.7 Å². The van der Waals surface area contributed by atoms with Gasteiger partial charge in [0.25, 0.3) is 11.5 Å². The maximum Gasteiger partial charge on any atom is 0.267 e. The van der Waals surface area contributed by atoms with Crippen molar-refractivity contribution in [3.05, 3.63) is 57.9 Å². The van der Waals surface area contributed by atoms with Gasteiger partial charge in [0.2, 0.25) is 0 Å². The third kappa shape index (κ3) is 3.66. The zero-order valence-electron chi connectivity index (χ0n) is 14.7. The molecular weight excluding hydrogens is 384 g/mol. The van der Waals surface area contributed by atoms with Gasteiger partial charge in [0, 0.05) is 26.3 Å². The van der Waals surface area contributed by atoms with E-state index < -0.39 is 0 Å². The fraction of sp³-hybridized carbons (Fsp3) is 0.222. The molecule has 2 aromatic heterocycles. The zero-order chi connectivity index (χ0) is 19.6. The van der Waals surface area contributed by atoms with Crippen molar-refractivity contribution in [3.8, 4) is 0 Å². The lowest BCUT2D eigenvalue weighted by molar-refractivity contribution is -0.121. The van der Waals surface area contributed by atoms with Crippen LogP contribution in [0.2, 0.25) is 0 Å². The SMILES string of the molecule is C=CCN1C(=O)/C(=C\c2c(N(C)CCO)nc3ccccn3c2=O)SC1=S. The first kappa shape index (κ1) is 19.3. The molecule has 0 spiro atoms. The highest BCUT2D eigenvalue weighted by Crippen LogP contribution is 2.33. The smallest absolute Gasteiger partial charge is 0.267 e. The Labute approximate surface area is 165 Å². The molecule has 1 saturated heterocycles. The molecule has 0 unspecified atom stereocenters. The molecule has 2 aromatic rings.